The third-order valence-electron chi connectivity index (χ3n) is 4.49. The first-order valence-electron chi connectivity index (χ1n) is 9.10. The molecule has 1 aliphatic carbocycles. The number of benzene rings is 1. The number of nitrogens with one attached hydrogen (secondary N) is 1. The maximum atomic E-state index is 12.5. The third kappa shape index (κ3) is 4.20. The van der Waals surface area contributed by atoms with E-state index >= 15 is 0 Å². The Bertz CT molecular complexity index is 916. The minimum absolute atomic E-state index is 0.298. The molecule has 7 heteroatoms. The third-order valence-corrected chi connectivity index (χ3v) is 5.70. The molecule has 0 aliphatic heterocycles. The number of thiophene rings is 1. The van der Waals surface area contributed by atoms with Crippen LogP contribution in [0.15, 0.2) is 24.3 Å². The van der Waals surface area contributed by atoms with Gasteiger partial charge in [-0.25, -0.2) is 4.79 Å². The van der Waals surface area contributed by atoms with Crippen LogP contribution in [-0.2, 0) is 22.4 Å². The van der Waals surface area contributed by atoms with Crippen LogP contribution in [0.1, 0.15) is 39.7 Å². The summed E-state index contributed by atoms with van der Waals surface area (Å²) in [6.07, 6.45) is 5.86. The van der Waals surface area contributed by atoms with Gasteiger partial charge in [-0.2, -0.15) is 0 Å². The number of ether oxygens (including phenoxy) is 3. The van der Waals surface area contributed by atoms with Crippen molar-refractivity contribution in [1.29, 1.82) is 0 Å². The molecule has 0 atom stereocenters. The lowest BCUT2D eigenvalue weighted by atomic mass is 10.1. The second-order valence-corrected chi connectivity index (χ2v) is 7.32. The Labute approximate surface area is 168 Å². The molecule has 6 nitrogen and oxygen atoms in total. The van der Waals surface area contributed by atoms with E-state index in [-0.39, 0.29) is 11.9 Å². The quantitative estimate of drug-likeness (QED) is 0.559. The minimum Gasteiger partial charge on any atom is -0.497 e. The van der Waals surface area contributed by atoms with E-state index in [1.165, 1.54) is 17.4 Å². The van der Waals surface area contributed by atoms with Crippen molar-refractivity contribution in [2.24, 2.45) is 0 Å². The smallest absolute Gasteiger partial charge is 0.341 e. The van der Waals surface area contributed by atoms with E-state index in [1.54, 1.807) is 45.4 Å². The van der Waals surface area contributed by atoms with Crippen molar-refractivity contribution < 1.29 is 23.8 Å². The van der Waals surface area contributed by atoms with Gasteiger partial charge >= 0.3 is 5.97 Å². The number of fused-ring (bicyclic) bond motifs is 1. The molecule has 1 aromatic carbocycles. The lowest BCUT2D eigenvalue weighted by Crippen LogP contribution is -2.13. The van der Waals surface area contributed by atoms with Gasteiger partial charge in [-0.3, -0.25) is 4.79 Å². The zero-order chi connectivity index (χ0) is 20.1. The van der Waals surface area contributed by atoms with Gasteiger partial charge in [0.2, 0.25) is 5.91 Å². The summed E-state index contributed by atoms with van der Waals surface area (Å²) in [6.45, 7) is 2.07. The highest BCUT2D eigenvalue weighted by Crippen LogP contribution is 2.39. The molecule has 0 saturated heterocycles. The summed E-state index contributed by atoms with van der Waals surface area (Å²) in [7, 11) is 3.15. The van der Waals surface area contributed by atoms with Crippen LogP contribution in [0.25, 0.3) is 6.08 Å². The lowest BCUT2D eigenvalue weighted by molar-refractivity contribution is -0.111. The SMILES string of the molecule is CCOC(=O)c1c(NC(=O)/C=C/c2cc(OC)ccc2OC)sc2c1CCC2. The van der Waals surface area contributed by atoms with Gasteiger partial charge in [0, 0.05) is 16.5 Å². The van der Waals surface area contributed by atoms with Crippen LogP contribution in [0.2, 0.25) is 0 Å². The van der Waals surface area contributed by atoms with E-state index in [0.29, 0.717) is 28.7 Å². The van der Waals surface area contributed by atoms with Crippen molar-refractivity contribution in [2.75, 3.05) is 26.1 Å². The van der Waals surface area contributed by atoms with Crippen molar-refractivity contribution in [1.82, 2.24) is 0 Å². The molecular formula is C21H23NO5S. The second kappa shape index (κ2) is 8.93. The van der Waals surface area contributed by atoms with E-state index < -0.39 is 0 Å². The number of carbonyl (C=O) groups excluding carboxylic acids is 2. The monoisotopic (exact) mass is 401 g/mol. The van der Waals surface area contributed by atoms with Gasteiger partial charge < -0.3 is 19.5 Å². The van der Waals surface area contributed by atoms with Crippen LogP contribution in [-0.4, -0.2) is 32.7 Å². The predicted molar refractivity (Wildman–Crippen MR) is 110 cm³/mol. The lowest BCUT2D eigenvalue weighted by Gasteiger charge is -2.08. The Balaban J connectivity index is 1.81. The molecule has 1 amide bonds. The summed E-state index contributed by atoms with van der Waals surface area (Å²) in [4.78, 5) is 26.0. The summed E-state index contributed by atoms with van der Waals surface area (Å²) in [6, 6.07) is 5.35. The molecule has 28 heavy (non-hydrogen) atoms. The second-order valence-electron chi connectivity index (χ2n) is 6.21. The van der Waals surface area contributed by atoms with Gasteiger partial charge in [-0.05, 0) is 56.0 Å². The molecule has 0 bridgehead atoms. The summed E-state index contributed by atoms with van der Waals surface area (Å²) in [5.74, 6) is 0.596. The van der Waals surface area contributed by atoms with Gasteiger partial charge in [0.25, 0.3) is 0 Å². The average molecular weight is 401 g/mol. The van der Waals surface area contributed by atoms with Crippen LogP contribution in [0.5, 0.6) is 11.5 Å². The molecule has 0 spiro atoms. The number of rotatable bonds is 7. The Morgan fingerprint density at radius 2 is 2.04 bits per heavy atom. The van der Waals surface area contributed by atoms with Crippen LogP contribution in [0, 0.1) is 0 Å². The molecule has 0 saturated carbocycles. The number of hydrogen-bond acceptors (Lipinski definition) is 6. The van der Waals surface area contributed by atoms with Crippen molar-refractivity contribution in [3.05, 3.63) is 45.8 Å². The molecule has 0 fully saturated rings. The summed E-state index contributed by atoms with van der Waals surface area (Å²) in [5.41, 5.74) is 2.23. The Kier molecular flexibility index (Phi) is 6.36. The molecule has 0 radical (unpaired) electrons. The predicted octanol–water partition coefficient (Wildman–Crippen LogP) is 4.08. The van der Waals surface area contributed by atoms with E-state index in [0.717, 1.165) is 35.3 Å². The van der Waals surface area contributed by atoms with Gasteiger partial charge in [-0.15, -0.1) is 11.3 Å². The molecule has 1 N–H and O–H groups in total. The van der Waals surface area contributed by atoms with Gasteiger partial charge in [0.1, 0.15) is 16.5 Å². The number of methoxy groups -OCH3 is 2. The van der Waals surface area contributed by atoms with E-state index in [9.17, 15) is 9.59 Å². The summed E-state index contributed by atoms with van der Waals surface area (Å²) >= 11 is 1.46. The first-order valence-corrected chi connectivity index (χ1v) is 9.91. The van der Waals surface area contributed by atoms with Crippen LogP contribution < -0.4 is 14.8 Å². The number of amides is 1. The van der Waals surface area contributed by atoms with Gasteiger partial charge in [0.15, 0.2) is 0 Å². The maximum Gasteiger partial charge on any atom is 0.341 e. The zero-order valence-corrected chi connectivity index (χ0v) is 17.0. The average Bonchev–Trinajstić information content (AvgIpc) is 3.26. The fourth-order valence-electron chi connectivity index (χ4n) is 3.20. The largest absolute Gasteiger partial charge is 0.497 e. The molecule has 1 heterocycles. The minimum atomic E-state index is -0.379. The number of hydrogen-bond donors (Lipinski definition) is 1. The highest BCUT2D eigenvalue weighted by atomic mass is 32.1. The molecule has 2 aromatic rings. The fourth-order valence-corrected chi connectivity index (χ4v) is 4.48. The first kappa shape index (κ1) is 19.9. The summed E-state index contributed by atoms with van der Waals surface area (Å²) < 4.78 is 15.7. The van der Waals surface area contributed by atoms with E-state index in [2.05, 4.69) is 5.32 Å². The molecule has 3 rings (SSSR count). The standard InChI is InChI=1S/C21H23NO5S/c1-4-27-21(24)19-15-6-5-7-17(15)28-20(19)22-18(23)11-8-13-12-14(25-2)9-10-16(13)26-3/h8-12H,4-7H2,1-3H3,(H,22,23)/b11-8+. The molecule has 1 aromatic heterocycles. The number of anilines is 1. The molecule has 0 unspecified atom stereocenters. The Morgan fingerprint density at radius 3 is 2.75 bits per heavy atom. The van der Waals surface area contributed by atoms with Crippen molar-refractivity contribution in [3.63, 3.8) is 0 Å². The normalized spacial score (nSPS) is 12.7. The molecule has 148 valence electrons. The van der Waals surface area contributed by atoms with E-state index in [1.807, 2.05) is 0 Å². The van der Waals surface area contributed by atoms with Gasteiger partial charge in [0.05, 0.1) is 26.4 Å². The van der Waals surface area contributed by atoms with Crippen LogP contribution >= 0.6 is 11.3 Å². The topological polar surface area (TPSA) is 73.9 Å². The molecular weight excluding hydrogens is 378 g/mol. The van der Waals surface area contributed by atoms with Crippen molar-refractivity contribution in [2.45, 2.75) is 26.2 Å². The maximum absolute atomic E-state index is 12.5. The van der Waals surface area contributed by atoms with Crippen molar-refractivity contribution >= 4 is 34.3 Å². The number of aryl methyl sites for hydroxylation is 1. The Morgan fingerprint density at radius 1 is 1.21 bits per heavy atom. The van der Waals surface area contributed by atoms with Gasteiger partial charge in [-0.1, -0.05) is 0 Å². The first-order chi connectivity index (χ1) is 13.6. The highest BCUT2D eigenvalue weighted by molar-refractivity contribution is 7.17. The number of esters is 1. The summed E-state index contributed by atoms with van der Waals surface area (Å²) in [5, 5.41) is 3.39. The van der Waals surface area contributed by atoms with Crippen LogP contribution in [0.3, 0.4) is 0 Å². The van der Waals surface area contributed by atoms with E-state index in [4.69, 9.17) is 14.2 Å². The molecule has 1 aliphatic rings. The fraction of sp³-hybridized carbons (Fsp3) is 0.333. The van der Waals surface area contributed by atoms with Crippen molar-refractivity contribution in [3.8, 4) is 11.5 Å². The highest BCUT2D eigenvalue weighted by Gasteiger charge is 2.28. The van der Waals surface area contributed by atoms with Crippen LogP contribution in [0.4, 0.5) is 5.00 Å². The Hall–Kier alpha value is -2.80. The number of carbonyl (C=O) groups is 2. The zero-order valence-electron chi connectivity index (χ0n) is 16.2.